The van der Waals surface area contributed by atoms with E-state index in [4.69, 9.17) is 4.74 Å². The fourth-order valence-electron chi connectivity index (χ4n) is 1.77. The second kappa shape index (κ2) is 6.59. The number of aliphatic hydroxyl groups is 1. The van der Waals surface area contributed by atoms with Gasteiger partial charge < -0.3 is 9.84 Å². The molecule has 1 rings (SSSR count). The van der Waals surface area contributed by atoms with E-state index in [1.54, 1.807) is 0 Å². The molecule has 0 heterocycles. The van der Waals surface area contributed by atoms with Gasteiger partial charge in [0.2, 0.25) is 0 Å². The maximum Gasteiger partial charge on any atom is 0.0874 e. The summed E-state index contributed by atoms with van der Waals surface area (Å²) in [6.07, 6.45) is 0.946. The van der Waals surface area contributed by atoms with Crippen molar-refractivity contribution in [2.45, 2.75) is 26.4 Å². The summed E-state index contributed by atoms with van der Waals surface area (Å²) in [5, 5.41) is 9.30. The number of benzene rings is 1. The molecule has 0 saturated heterocycles. The van der Waals surface area contributed by atoms with Crippen LogP contribution in [-0.2, 0) is 4.74 Å². The minimum atomic E-state index is 0.0196. The summed E-state index contributed by atoms with van der Waals surface area (Å²) in [7, 11) is 0. The lowest BCUT2D eigenvalue weighted by molar-refractivity contribution is -0.00321. The van der Waals surface area contributed by atoms with Crippen molar-refractivity contribution in [3.63, 3.8) is 0 Å². The molecule has 0 saturated carbocycles. The molecule has 1 aromatic carbocycles. The molecule has 2 nitrogen and oxygen atoms in total. The fraction of sp³-hybridized carbons (Fsp3) is 0.538. The van der Waals surface area contributed by atoms with Crippen molar-refractivity contribution >= 4 is 0 Å². The summed E-state index contributed by atoms with van der Waals surface area (Å²) in [4.78, 5) is 0. The summed E-state index contributed by atoms with van der Waals surface area (Å²) in [6, 6.07) is 10.1. The summed E-state index contributed by atoms with van der Waals surface area (Å²) < 4.78 is 5.71. The molecule has 1 N–H and O–H groups in total. The molecule has 0 fully saturated rings. The minimum Gasteiger partial charge on any atom is -0.396 e. The lowest BCUT2D eigenvalue weighted by Crippen LogP contribution is -2.19. The van der Waals surface area contributed by atoms with Crippen LogP contribution in [0.3, 0.4) is 0 Å². The minimum absolute atomic E-state index is 0.0196. The maximum absolute atomic E-state index is 9.30. The van der Waals surface area contributed by atoms with Crippen LogP contribution in [0.5, 0.6) is 0 Å². The first-order valence-electron chi connectivity index (χ1n) is 5.60. The Kier molecular flexibility index (Phi) is 5.37. The van der Waals surface area contributed by atoms with Gasteiger partial charge >= 0.3 is 0 Å². The van der Waals surface area contributed by atoms with Crippen molar-refractivity contribution in [3.8, 4) is 0 Å². The third-order valence-corrected chi connectivity index (χ3v) is 2.66. The van der Waals surface area contributed by atoms with Crippen LogP contribution in [0.1, 0.15) is 31.9 Å². The van der Waals surface area contributed by atoms with Crippen LogP contribution in [0.25, 0.3) is 0 Å². The zero-order valence-corrected chi connectivity index (χ0v) is 9.52. The number of hydrogen-bond acceptors (Lipinski definition) is 2. The molecule has 2 unspecified atom stereocenters. The van der Waals surface area contributed by atoms with Gasteiger partial charge in [-0.25, -0.2) is 0 Å². The number of ether oxygens (including phenoxy) is 1. The molecule has 15 heavy (non-hydrogen) atoms. The molecular formula is C13H20O2. The Morgan fingerprint density at radius 2 is 1.87 bits per heavy atom. The number of rotatable bonds is 6. The van der Waals surface area contributed by atoms with E-state index in [1.165, 1.54) is 0 Å². The van der Waals surface area contributed by atoms with E-state index in [-0.39, 0.29) is 18.6 Å². The van der Waals surface area contributed by atoms with Gasteiger partial charge in [0, 0.05) is 19.1 Å². The molecule has 0 radical (unpaired) electrons. The highest BCUT2D eigenvalue weighted by Gasteiger charge is 2.20. The molecule has 0 aliphatic heterocycles. The highest BCUT2D eigenvalue weighted by molar-refractivity contribution is 5.18. The average molecular weight is 208 g/mol. The van der Waals surface area contributed by atoms with Crippen LogP contribution in [0.2, 0.25) is 0 Å². The van der Waals surface area contributed by atoms with E-state index in [9.17, 15) is 5.11 Å². The molecule has 0 aliphatic carbocycles. The molecule has 0 spiro atoms. The van der Waals surface area contributed by atoms with Crippen LogP contribution >= 0.6 is 0 Å². The Morgan fingerprint density at radius 3 is 2.33 bits per heavy atom. The molecular weight excluding hydrogens is 188 g/mol. The van der Waals surface area contributed by atoms with Crippen molar-refractivity contribution in [2.24, 2.45) is 5.92 Å². The van der Waals surface area contributed by atoms with Crippen molar-refractivity contribution in [1.82, 2.24) is 0 Å². The molecule has 2 atom stereocenters. The molecule has 0 amide bonds. The van der Waals surface area contributed by atoms with Crippen LogP contribution in [-0.4, -0.2) is 18.3 Å². The second-order valence-corrected chi connectivity index (χ2v) is 3.64. The van der Waals surface area contributed by atoms with Crippen LogP contribution < -0.4 is 0 Å². The molecule has 0 aliphatic rings. The first kappa shape index (κ1) is 12.2. The maximum atomic E-state index is 9.30. The molecule has 2 heteroatoms. The number of hydrogen-bond donors (Lipinski definition) is 1. The van der Waals surface area contributed by atoms with Crippen LogP contribution in [0.15, 0.2) is 30.3 Å². The summed E-state index contributed by atoms with van der Waals surface area (Å²) in [5.74, 6) is 0.187. The zero-order valence-electron chi connectivity index (χ0n) is 9.52. The van der Waals surface area contributed by atoms with E-state index >= 15 is 0 Å². The third kappa shape index (κ3) is 3.33. The smallest absolute Gasteiger partial charge is 0.0874 e. The van der Waals surface area contributed by atoms with Gasteiger partial charge in [0.25, 0.3) is 0 Å². The van der Waals surface area contributed by atoms with Gasteiger partial charge in [-0.1, -0.05) is 37.3 Å². The summed E-state index contributed by atoms with van der Waals surface area (Å²) in [6.45, 7) is 4.92. The number of aliphatic hydroxyl groups excluding tert-OH is 1. The first-order valence-corrected chi connectivity index (χ1v) is 5.60. The van der Waals surface area contributed by atoms with E-state index in [0.717, 1.165) is 12.0 Å². The van der Waals surface area contributed by atoms with Crippen molar-refractivity contribution in [2.75, 3.05) is 13.2 Å². The van der Waals surface area contributed by atoms with E-state index in [2.05, 4.69) is 19.1 Å². The highest BCUT2D eigenvalue weighted by atomic mass is 16.5. The average Bonchev–Trinajstić information content (AvgIpc) is 2.30. The third-order valence-electron chi connectivity index (χ3n) is 2.66. The van der Waals surface area contributed by atoms with E-state index in [0.29, 0.717) is 6.61 Å². The van der Waals surface area contributed by atoms with Gasteiger partial charge in [0.15, 0.2) is 0 Å². The van der Waals surface area contributed by atoms with Gasteiger partial charge in [-0.05, 0) is 18.9 Å². The van der Waals surface area contributed by atoms with Crippen molar-refractivity contribution in [1.29, 1.82) is 0 Å². The van der Waals surface area contributed by atoms with Crippen LogP contribution in [0.4, 0.5) is 0 Å². The SMILES string of the molecule is CCOC(c1ccccc1)C(CC)CO. The lowest BCUT2D eigenvalue weighted by atomic mass is 9.94. The summed E-state index contributed by atoms with van der Waals surface area (Å²) >= 11 is 0. The predicted molar refractivity (Wildman–Crippen MR) is 61.7 cm³/mol. The standard InChI is InChI=1S/C13H20O2/c1-3-11(10-14)13(15-4-2)12-8-6-5-7-9-12/h5-9,11,13-14H,3-4,10H2,1-2H3. The lowest BCUT2D eigenvalue weighted by Gasteiger charge is -2.24. The van der Waals surface area contributed by atoms with Gasteiger partial charge in [-0.15, -0.1) is 0 Å². The largest absolute Gasteiger partial charge is 0.396 e. The Bertz CT molecular complexity index is 254. The molecule has 0 bridgehead atoms. The van der Waals surface area contributed by atoms with Gasteiger partial charge in [-0.2, -0.15) is 0 Å². The normalized spacial score (nSPS) is 14.9. The van der Waals surface area contributed by atoms with Gasteiger partial charge in [-0.3, -0.25) is 0 Å². The van der Waals surface area contributed by atoms with Crippen molar-refractivity contribution in [3.05, 3.63) is 35.9 Å². The fourth-order valence-corrected chi connectivity index (χ4v) is 1.77. The topological polar surface area (TPSA) is 29.5 Å². The Morgan fingerprint density at radius 1 is 1.20 bits per heavy atom. The quantitative estimate of drug-likeness (QED) is 0.779. The molecule has 84 valence electrons. The van der Waals surface area contributed by atoms with Crippen molar-refractivity contribution < 1.29 is 9.84 Å². The first-order chi connectivity index (χ1) is 7.33. The Balaban J connectivity index is 2.81. The Hall–Kier alpha value is -0.860. The second-order valence-electron chi connectivity index (χ2n) is 3.64. The van der Waals surface area contributed by atoms with E-state index in [1.807, 2.05) is 25.1 Å². The monoisotopic (exact) mass is 208 g/mol. The van der Waals surface area contributed by atoms with E-state index < -0.39 is 0 Å². The highest BCUT2D eigenvalue weighted by Crippen LogP contribution is 2.27. The zero-order chi connectivity index (χ0) is 11.1. The Labute approximate surface area is 91.9 Å². The molecule has 1 aromatic rings. The molecule has 0 aromatic heterocycles. The van der Waals surface area contributed by atoms with Gasteiger partial charge in [0.1, 0.15) is 0 Å². The predicted octanol–water partition coefficient (Wildman–Crippen LogP) is 2.78. The van der Waals surface area contributed by atoms with Gasteiger partial charge in [0.05, 0.1) is 6.10 Å². The summed E-state index contributed by atoms with van der Waals surface area (Å²) in [5.41, 5.74) is 1.15. The van der Waals surface area contributed by atoms with Crippen LogP contribution in [0, 0.1) is 5.92 Å².